The highest BCUT2D eigenvalue weighted by atomic mass is 32.1. The Labute approximate surface area is 136 Å². The van der Waals surface area contributed by atoms with Gasteiger partial charge in [-0.05, 0) is 36.8 Å². The predicted octanol–water partition coefficient (Wildman–Crippen LogP) is 3.48. The number of aromatic nitrogens is 2. The van der Waals surface area contributed by atoms with Crippen molar-refractivity contribution in [2.75, 3.05) is 5.43 Å². The fraction of sp³-hybridized carbons (Fsp3) is 0.0625. The first kappa shape index (κ1) is 14.6. The summed E-state index contributed by atoms with van der Waals surface area (Å²) in [6.45, 7) is 1.99. The molecule has 0 saturated heterocycles. The normalized spacial score (nSPS) is 9.87. The van der Waals surface area contributed by atoms with Crippen molar-refractivity contribution in [2.24, 2.45) is 5.10 Å². The highest BCUT2D eigenvalue weighted by molar-refractivity contribution is 7.21. The Morgan fingerprint density at radius 2 is 2.04 bits per heavy atom. The molecule has 0 aliphatic carbocycles. The van der Waals surface area contributed by atoms with E-state index >= 15 is 0 Å². The summed E-state index contributed by atoms with van der Waals surface area (Å²) in [7, 11) is 0. The average molecular weight is 318 g/mol. The van der Waals surface area contributed by atoms with Crippen LogP contribution in [-0.4, -0.2) is 15.7 Å². The molecule has 110 valence electrons. The first-order chi connectivity index (χ1) is 11.2. The summed E-state index contributed by atoms with van der Waals surface area (Å²) in [5, 5.41) is 22.0. The van der Waals surface area contributed by atoms with Crippen molar-refractivity contribution in [2.45, 2.75) is 6.92 Å². The zero-order valence-electron chi connectivity index (χ0n) is 12.1. The molecule has 0 bridgehead atoms. The molecule has 0 aliphatic rings. The molecule has 23 heavy (non-hydrogen) atoms. The summed E-state index contributed by atoms with van der Waals surface area (Å²) in [6.07, 6.45) is 3.60. The molecule has 0 atom stereocenters. The smallest absolute Gasteiger partial charge is 0.237 e. The van der Waals surface area contributed by atoms with Crippen LogP contribution >= 0.6 is 11.3 Å². The van der Waals surface area contributed by atoms with Gasteiger partial charge in [-0.15, -0.1) is 11.3 Å². The number of pyridine rings is 1. The Hall–Kier alpha value is -3.29. The maximum atomic E-state index is 8.67. The number of aryl methyl sites for hydroxylation is 1. The Morgan fingerprint density at radius 3 is 2.78 bits per heavy atom. The van der Waals surface area contributed by atoms with Crippen LogP contribution in [0.15, 0.2) is 41.8 Å². The fourth-order valence-electron chi connectivity index (χ4n) is 1.99. The zero-order chi connectivity index (χ0) is 16.2. The molecule has 1 N–H and O–H groups in total. The van der Waals surface area contributed by atoms with E-state index in [4.69, 9.17) is 10.5 Å². The maximum Gasteiger partial charge on any atom is 0.237 e. The van der Waals surface area contributed by atoms with Gasteiger partial charge in [-0.2, -0.15) is 15.6 Å². The topological polar surface area (TPSA) is 97.8 Å². The van der Waals surface area contributed by atoms with Gasteiger partial charge in [-0.1, -0.05) is 0 Å². The number of rotatable bonds is 3. The number of hydrazone groups is 1. The van der Waals surface area contributed by atoms with Gasteiger partial charge >= 0.3 is 0 Å². The highest BCUT2D eigenvalue weighted by Gasteiger charge is 2.07. The molecule has 3 aromatic rings. The molecule has 0 amide bonds. The monoisotopic (exact) mass is 318 g/mol. The van der Waals surface area contributed by atoms with Crippen molar-refractivity contribution < 1.29 is 0 Å². The van der Waals surface area contributed by atoms with E-state index in [1.165, 1.54) is 0 Å². The Kier molecular flexibility index (Phi) is 3.96. The van der Waals surface area contributed by atoms with Crippen LogP contribution in [0.25, 0.3) is 20.8 Å². The highest BCUT2D eigenvalue weighted by Crippen LogP contribution is 2.31. The standard InChI is InChI=1S/C16H10N6S/c1-10-4-11(9-19-8-10)16-20-14-5-12(2-3-15(14)23-16)21-22-13(6-17)7-18/h2-5,8-9,21H,1H3. The predicted molar refractivity (Wildman–Crippen MR) is 89.9 cm³/mol. The summed E-state index contributed by atoms with van der Waals surface area (Å²) in [4.78, 5) is 8.80. The zero-order valence-corrected chi connectivity index (χ0v) is 12.9. The van der Waals surface area contributed by atoms with E-state index in [2.05, 4.69) is 20.5 Å². The number of nitrogens with zero attached hydrogens (tertiary/aromatic N) is 5. The molecule has 1 aromatic carbocycles. The number of nitriles is 2. The van der Waals surface area contributed by atoms with Crippen LogP contribution in [0.3, 0.4) is 0 Å². The number of hydrogen-bond acceptors (Lipinski definition) is 7. The van der Waals surface area contributed by atoms with Crippen molar-refractivity contribution in [3.8, 4) is 22.7 Å². The summed E-state index contributed by atoms with van der Waals surface area (Å²) < 4.78 is 1.04. The third kappa shape index (κ3) is 3.15. The van der Waals surface area contributed by atoms with Crippen molar-refractivity contribution >= 4 is 33.0 Å². The van der Waals surface area contributed by atoms with Crippen molar-refractivity contribution in [3.63, 3.8) is 0 Å². The Bertz CT molecular complexity index is 974. The number of anilines is 1. The summed E-state index contributed by atoms with van der Waals surface area (Å²) in [6, 6.07) is 11.0. The van der Waals surface area contributed by atoms with E-state index in [1.807, 2.05) is 31.2 Å². The van der Waals surface area contributed by atoms with Gasteiger partial charge in [-0.25, -0.2) is 4.98 Å². The number of nitrogens with one attached hydrogen (secondary N) is 1. The number of benzene rings is 1. The van der Waals surface area contributed by atoms with Crippen LogP contribution in [0.5, 0.6) is 0 Å². The van der Waals surface area contributed by atoms with Crippen molar-refractivity contribution in [3.05, 3.63) is 42.2 Å². The fourth-order valence-corrected chi connectivity index (χ4v) is 2.91. The molecule has 0 radical (unpaired) electrons. The van der Waals surface area contributed by atoms with E-state index in [0.717, 1.165) is 26.4 Å². The van der Waals surface area contributed by atoms with Crippen molar-refractivity contribution in [1.29, 1.82) is 10.5 Å². The van der Waals surface area contributed by atoms with Crippen LogP contribution in [-0.2, 0) is 0 Å². The molecule has 3 rings (SSSR count). The minimum atomic E-state index is -0.227. The van der Waals surface area contributed by atoms with E-state index in [1.54, 1.807) is 35.9 Å². The molecule has 6 nitrogen and oxygen atoms in total. The molecule has 2 aromatic heterocycles. The quantitative estimate of drug-likeness (QED) is 0.589. The van der Waals surface area contributed by atoms with Crippen LogP contribution in [0.4, 0.5) is 5.69 Å². The minimum Gasteiger partial charge on any atom is -0.276 e. The van der Waals surface area contributed by atoms with Crippen LogP contribution < -0.4 is 5.43 Å². The molecular formula is C16H10N6S. The van der Waals surface area contributed by atoms with Gasteiger partial charge < -0.3 is 0 Å². The van der Waals surface area contributed by atoms with Gasteiger partial charge in [0.2, 0.25) is 5.71 Å². The van der Waals surface area contributed by atoms with Gasteiger partial charge in [0.1, 0.15) is 17.1 Å². The second-order valence-electron chi connectivity index (χ2n) is 4.75. The summed E-state index contributed by atoms with van der Waals surface area (Å²) in [5.41, 5.74) is 6.02. The number of fused-ring (bicyclic) bond motifs is 1. The lowest BCUT2D eigenvalue weighted by Gasteiger charge is -1.98. The molecule has 0 saturated carbocycles. The maximum absolute atomic E-state index is 8.67. The first-order valence-electron chi connectivity index (χ1n) is 6.66. The largest absolute Gasteiger partial charge is 0.276 e. The Morgan fingerprint density at radius 1 is 1.22 bits per heavy atom. The minimum absolute atomic E-state index is 0.227. The lowest BCUT2D eigenvalue weighted by Crippen LogP contribution is -1.95. The van der Waals surface area contributed by atoms with Crippen molar-refractivity contribution in [1.82, 2.24) is 9.97 Å². The second kappa shape index (κ2) is 6.22. The van der Waals surface area contributed by atoms with E-state index in [9.17, 15) is 0 Å². The van der Waals surface area contributed by atoms with Crippen LogP contribution in [0.1, 0.15) is 5.56 Å². The van der Waals surface area contributed by atoms with Crippen LogP contribution in [0.2, 0.25) is 0 Å². The lowest BCUT2D eigenvalue weighted by atomic mass is 10.2. The average Bonchev–Trinajstić information content (AvgIpc) is 2.99. The first-order valence-corrected chi connectivity index (χ1v) is 7.48. The van der Waals surface area contributed by atoms with Gasteiger partial charge in [0, 0.05) is 18.0 Å². The third-order valence-corrected chi connectivity index (χ3v) is 4.10. The van der Waals surface area contributed by atoms with Crippen LogP contribution in [0, 0.1) is 29.6 Å². The Balaban J connectivity index is 1.94. The van der Waals surface area contributed by atoms with Gasteiger partial charge in [0.15, 0.2) is 0 Å². The molecule has 0 spiro atoms. The second-order valence-corrected chi connectivity index (χ2v) is 5.78. The van der Waals surface area contributed by atoms with E-state index < -0.39 is 0 Å². The SMILES string of the molecule is Cc1cncc(-c2nc3cc(NN=C(C#N)C#N)ccc3s2)c1. The van der Waals surface area contributed by atoms with Gasteiger partial charge in [0.05, 0.1) is 15.9 Å². The lowest BCUT2D eigenvalue weighted by molar-refractivity contribution is 1.26. The molecular weight excluding hydrogens is 308 g/mol. The molecule has 7 heteroatoms. The molecule has 2 heterocycles. The summed E-state index contributed by atoms with van der Waals surface area (Å²) >= 11 is 1.58. The summed E-state index contributed by atoms with van der Waals surface area (Å²) in [5.74, 6) is 0. The van der Waals surface area contributed by atoms with Gasteiger partial charge in [-0.3, -0.25) is 10.4 Å². The number of thiazole rings is 1. The van der Waals surface area contributed by atoms with E-state index in [0.29, 0.717) is 5.69 Å². The van der Waals surface area contributed by atoms with Gasteiger partial charge in [0.25, 0.3) is 0 Å². The molecule has 0 fully saturated rings. The molecule has 0 unspecified atom stereocenters. The van der Waals surface area contributed by atoms with E-state index in [-0.39, 0.29) is 5.71 Å². The third-order valence-electron chi connectivity index (χ3n) is 3.02. The molecule has 0 aliphatic heterocycles. The number of hydrogen-bond donors (Lipinski definition) is 1.